The molecule has 0 aliphatic rings. The minimum atomic E-state index is -5.12. The second-order valence-corrected chi connectivity index (χ2v) is 5.05. The molecule has 0 unspecified atom stereocenters. The van der Waals surface area contributed by atoms with E-state index in [0.29, 0.717) is 6.07 Å². The number of benzene rings is 1. The Labute approximate surface area is 126 Å². The summed E-state index contributed by atoms with van der Waals surface area (Å²) < 4.78 is 68.8. The van der Waals surface area contributed by atoms with E-state index in [4.69, 9.17) is 0 Å². The van der Waals surface area contributed by atoms with Crippen molar-refractivity contribution >= 4 is 32.7 Å². The van der Waals surface area contributed by atoms with E-state index in [0.717, 1.165) is 12.1 Å². The molecule has 84 valence electrons. The molecule has 1 aromatic carbocycles. The van der Waals surface area contributed by atoms with Gasteiger partial charge in [0.15, 0.2) is 0 Å². The number of rotatable bonds is 1. The summed E-state index contributed by atoms with van der Waals surface area (Å²) in [5, 5.41) is 0. The maximum atomic E-state index is 12.4. The summed E-state index contributed by atoms with van der Waals surface area (Å²) in [6.07, 6.45) is -4.85. The minimum absolute atomic E-state index is 0. The fourth-order valence-electron chi connectivity index (χ4n) is 0.986. The minimum Gasteiger partial charge on any atom is -0.744 e. The Kier molecular flexibility index (Phi) is 5.75. The molecule has 1 aromatic rings. The Morgan fingerprint density at radius 2 is 1.75 bits per heavy atom. The van der Waals surface area contributed by atoms with Crippen LogP contribution in [0.1, 0.15) is 5.56 Å². The van der Waals surface area contributed by atoms with Gasteiger partial charge in [-0.2, -0.15) is 13.2 Å². The van der Waals surface area contributed by atoms with Gasteiger partial charge in [-0.25, -0.2) is 8.42 Å². The second kappa shape index (κ2) is 5.53. The van der Waals surface area contributed by atoms with Crippen molar-refractivity contribution in [3.05, 3.63) is 27.3 Å². The first-order valence-corrected chi connectivity index (χ1v) is 5.94. The van der Waals surface area contributed by atoms with Crippen molar-refractivity contribution in [2.45, 2.75) is 11.1 Å². The van der Waals surface area contributed by atoms with E-state index in [-0.39, 0.29) is 33.1 Å². The van der Waals surface area contributed by atoms with Crippen LogP contribution in [-0.2, 0) is 16.3 Å². The van der Waals surface area contributed by atoms with Crippen molar-refractivity contribution in [2.24, 2.45) is 0 Å². The van der Waals surface area contributed by atoms with E-state index in [2.05, 4.69) is 0 Å². The first kappa shape index (κ1) is 16.6. The molecular weight excluding hydrogens is 371 g/mol. The third kappa shape index (κ3) is 3.84. The van der Waals surface area contributed by atoms with Crippen LogP contribution in [-0.4, -0.2) is 13.0 Å². The Balaban J connectivity index is 0.00000225. The third-order valence-corrected chi connectivity index (χ3v) is 3.73. The molecule has 0 saturated carbocycles. The molecule has 0 aliphatic carbocycles. The molecule has 16 heavy (non-hydrogen) atoms. The summed E-state index contributed by atoms with van der Waals surface area (Å²) in [7, 11) is -5.12. The molecule has 0 fully saturated rings. The molecule has 3 nitrogen and oxygen atoms in total. The van der Waals surface area contributed by atoms with Gasteiger partial charge < -0.3 is 4.55 Å². The average Bonchev–Trinajstić information content (AvgIpc) is 1.99. The number of alkyl halides is 3. The molecular formula is C7H3F3INaO3S. The van der Waals surface area contributed by atoms with Gasteiger partial charge in [-0.05, 0) is 34.7 Å². The van der Waals surface area contributed by atoms with E-state index < -0.39 is 26.8 Å². The quantitative estimate of drug-likeness (QED) is 0.368. The average molecular weight is 374 g/mol. The number of hydrogen-bond acceptors (Lipinski definition) is 3. The van der Waals surface area contributed by atoms with Gasteiger partial charge in [0.25, 0.3) is 0 Å². The first-order chi connectivity index (χ1) is 6.64. The fraction of sp³-hybridized carbons (Fsp3) is 0.143. The SMILES string of the molecule is O=S(=O)([O-])c1c(I)cccc1C(F)(F)F.[Na+]. The van der Waals surface area contributed by atoms with E-state index in [1.807, 2.05) is 0 Å². The van der Waals surface area contributed by atoms with E-state index in [9.17, 15) is 26.1 Å². The maximum absolute atomic E-state index is 12.4. The van der Waals surface area contributed by atoms with Gasteiger partial charge in [-0.15, -0.1) is 0 Å². The Morgan fingerprint density at radius 1 is 1.25 bits per heavy atom. The van der Waals surface area contributed by atoms with Crippen LogP contribution in [0.2, 0.25) is 0 Å². The fourth-order valence-corrected chi connectivity index (χ4v) is 3.05. The van der Waals surface area contributed by atoms with Crippen LogP contribution < -0.4 is 29.6 Å². The van der Waals surface area contributed by atoms with Crippen molar-refractivity contribution in [1.82, 2.24) is 0 Å². The summed E-state index contributed by atoms with van der Waals surface area (Å²) in [6, 6.07) is 2.73. The monoisotopic (exact) mass is 374 g/mol. The van der Waals surface area contributed by atoms with Crippen LogP contribution in [0.5, 0.6) is 0 Å². The van der Waals surface area contributed by atoms with Crippen LogP contribution in [0.3, 0.4) is 0 Å². The molecule has 0 radical (unpaired) electrons. The zero-order valence-corrected chi connectivity index (χ0v) is 12.9. The summed E-state index contributed by atoms with van der Waals surface area (Å²) in [5.41, 5.74) is -1.43. The maximum Gasteiger partial charge on any atom is 1.00 e. The van der Waals surface area contributed by atoms with E-state index in [1.165, 1.54) is 22.6 Å². The zero-order chi connectivity index (χ0) is 11.9. The Bertz CT molecular complexity index is 486. The largest absolute Gasteiger partial charge is 1.00 e. The van der Waals surface area contributed by atoms with Gasteiger partial charge in [0.05, 0.1) is 10.5 Å². The van der Waals surface area contributed by atoms with E-state index in [1.54, 1.807) is 0 Å². The van der Waals surface area contributed by atoms with Crippen molar-refractivity contribution in [2.75, 3.05) is 0 Å². The molecule has 0 atom stereocenters. The Hall–Kier alpha value is 0.650. The van der Waals surface area contributed by atoms with Crippen LogP contribution >= 0.6 is 22.6 Å². The smallest absolute Gasteiger partial charge is 0.744 e. The predicted molar refractivity (Wildman–Crippen MR) is 52.1 cm³/mol. The summed E-state index contributed by atoms with van der Waals surface area (Å²) in [4.78, 5) is -1.21. The van der Waals surface area contributed by atoms with Crippen LogP contribution in [0.4, 0.5) is 13.2 Å². The Morgan fingerprint density at radius 3 is 2.06 bits per heavy atom. The van der Waals surface area contributed by atoms with Gasteiger partial charge in [-0.3, -0.25) is 0 Å². The molecule has 0 spiro atoms. The molecule has 0 aromatic heterocycles. The summed E-state index contributed by atoms with van der Waals surface area (Å²) in [5.74, 6) is 0. The summed E-state index contributed by atoms with van der Waals surface area (Å²) in [6.45, 7) is 0. The van der Waals surface area contributed by atoms with Gasteiger partial charge in [0.2, 0.25) is 0 Å². The molecule has 0 amide bonds. The molecule has 0 heterocycles. The molecule has 9 heteroatoms. The van der Waals surface area contributed by atoms with Crippen molar-refractivity contribution in [3.8, 4) is 0 Å². The predicted octanol–water partition coefficient (Wildman–Crippen LogP) is -0.782. The molecule has 0 bridgehead atoms. The number of halogens is 4. The van der Waals surface area contributed by atoms with Gasteiger partial charge in [0.1, 0.15) is 10.1 Å². The van der Waals surface area contributed by atoms with Crippen molar-refractivity contribution in [3.63, 3.8) is 0 Å². The standard InChI is InChI=1S/C7H4F3IO3S.Na/c8-7(9,10)4-2-1-3-5(11)6(4)15(12,13)14;/h1-3H,(H,12,13,14);/q;+1/p-1. The molecule has 0 N–H and O–H groups in total. The van der Waals surface area contributed by atoms with Crippen molar-refractivity contribution in [1.29, 1.82) is 0 Å². The third-order valence-electron chi connectivity index (χ3n) is 1.52. The zero-order valence-electron chi connectivity index (χ0n) is 7.88. The van der Waals surface area contributed by atoms with Crippen LogP contribution in [0.15, 0.2) is 23.1 Å². The normalized spacial score (nSPS) is 12.1. The van der Waals surface area contributed by atoms with Crippen molar-refractivity contribution < 1.29 is 55.7 Å². The van der Waals surface area contributed by atoms with Crippen LogP contribution in [0, 0.1) is 3.57 Å². The molecule has 0 aliphatic heterocycles. The number of hydrogen-bond donors (Lipinski definition) is 0. The summed E-state index contributed by atoms with van der Waals surface area (Å²) >= 11 is 1.37. The molecule has 1 rings (SSSR count). The van der Waals surface area contributed by atoms with Gasteiger partial charge >= 0.3 is 35.7 Å². The topological polar surface area (TPSA) is 57.2 Å². The van der Waals surface area contributed by atoms with Crippen LogP contribution in [0.25, 0.3) is 0 Å². The first-order valence-electron chi connectivity index (χ1n) is 3.45. The van der Waals surface area contributed by atoms with Gasteiger partial charge in [0, 0.05) is 3.57 Å². The van der Waals surface area contributed by atoms with E-state index >= 15 is 0 Å². The molecule has 0 saturated heterocycles. The second-order valence-electron chi connectivity index (χ2n) is 2.57. The van der Waals surface area contributed by atoms with Gasteiger partial charge in [-0.1, -0.05) is 6.07 Å².